The molecule has 0 saturated carbocycles. The van der Waals surface area contributed by atoms with Crippen LogP contribution in [0.2, 0.25) is 0 Å². The lowest BCUT2D eigenvalue weighted by molar-refractivity contribution is 0.0954. The Bertz CT molecular complexity index is 654. The summed E-state index contributed by atoms with van der Waals surface area (Å²) >= 11 is 3.34. The lowest BCUT2D eigenvalue weighted by Crippen LogP contribution is -2.18. The van der Waals surface area contributed by atoms with Gasteiger partial charge in [0.05, 0.1) is 18.4 Å². The Morgan fingerprint density at radius 1 is 1.23 bits per heavy atom. The van der Waals surface area contributed by atoms with E-state index < -0.39 is 0 Å². The number of hydrogen-bond acceptors (Lipinski definition) is 3. The summed E-state index contributed by atoms with van der Waals surface area (Å²) in [4.78, 5) is 12.0. The van der Waals surface area contributed by atoms with Crippen LogP contribution in [0.15, 0.2) is 58.1 Å². The van der Waals surface area contributed by atoms with Crippen molar-refractivity contribution in [2.24, 2.45) is 5.10 Å². The average molecular weight is 361 g/mol. The molecule has 5 heteroatoms. The van der Waals surface area contributed by atoms with Gasteiger partial charge in [-0.15, -0.1) is 0 Å². The molecule has 0 aromatic heterocycles. The Morgan fingerprint density at radius 3 is 2.64 bits per heavy atom. The minimum absolute atomic E-state index is 0.258. The molecular weight excluding hydrogens is 344 g/mol. The molecule has 0 aliphatic heterocycles. The highest BCUT2D eigenvalue weighted by atomic mass is 79.9. The SMILES string of the molecule is CCCOc1ccc(C=NNC(=O)c2ccccc2Br)cc1. The summed E-state index contributed by atoms with van der Waals surface area (Å²) in [6, 6.07) is 14.7. The number of ether oxygens (including phenoxy) is 1. The topological polar surface area (TPSA) is 50.7 Å². The highest BCUT2D eigenvalue weighted by Gasteiger charge is 2.07. The van der Waals surface area contributed by atoms with Gasteiger partial charge >= 0.3 is 0 Å². The first-order valence-electron chi connectivity index (χ1n) is 7.01. The fourth-order valence-corrected chi connectivity index (χ4v) is 2.21. The first kappa shape index (κ1) is 16.2. The Morgan fingerprint density at radius 2 is 1.95 bits per heavy atom. The number of amides is 1. The van der Waals surface area contributed by atoms with Crippen molar-refractivity contribution in [2.45, 2.75) is 13.3 Å². The molecule has 1 N–H and O–H groups in total. The van der Waals surface area contributed by atoms with Crippen LogP contribution in [0.4, 0.5) is 0 Å². The van der Waals surface area contributed by atoms with Gasteiger partial charge in [-0.1, -0.05) is 19.1 Å². The van der Waals surface area contributed by atoms with E-state index in [1.54, 1.807) is 18.3 Å². The Kier molecular flexibility index (Phi) is 6.15. The minimum Gasteiger partial charge on any atom is -0.494 e. The van der Waals surface area contributed by atoms with Crippen molar-refractivity contribution in [3.05, 3.63) is 64.1 Å². The smallest absolute Gasteiger partial charge is 0.272 e. The van der Waals surface area contributed by atoms with Crippen molar-refractivity contribution in [1.29, 1.82) is 0 Å². The van der Waals surface area contributed by atoms with Gasteiger partial charge in [0, 0.05) is 4.47 Å². The van der Waals surface area contributed by atoms with Crippen LogP contribution < -0.4 is 10.2 Å². The van der Waals surface area contributed by atoms with Gasteiger partial charge in [-0.3, -0.25) is 4.79 Å². The highest BCUT2D eigenvalue weighted by Crippen LogP contribution is 2.15. The number of rotatable bonds is 6. The molecule has 0 radical (unpaired) electrons. The first-order valence-corrected chi connectivity index (χ1v) is 7.81. The van der Waals surface area contributed by atoms with E-state index in [0.29, 0.717) is 12.2 Å². The van der Waals surface area contributed by atoms with Gasteiger partial charge < -0.3 is 4.74 Å². The summed E-state index contributed by atoms with van der Waals surface area (Å²) in [7, 11) is 0. The molecule has 0 saturated heterocycles. The van der Waals surface area contributed by atoms with Crippen molar-refractivity contribution in [1.82, 2.24) is 5.43 Å². The van der Waals surface area contributed by atoms with E-state index in [0.717, 1.165) is 22.2 Å². The van der Waals surface area contributed by atoms with Crippen molar-refractivity contribution >= 4 is 28.1 Å². The molecule has 2 aromatic carbocycles. The Hall–Kier alpha value is -2.14. The zero-order valence-corrected chi connectivity index (χ0v) is 13.8. The number of hydrazone groups is 1. The quantitative estimate of drug-likeness (QED) is 0.625. The number of halogens is 1. The molecular formula is C17H17BrN2O2. The summed E-state index contributed by atoms with van der Waals surface area (Å²) in [6.07, 6.45) is 2.57. The molecule has 0 heterocycles. The van der Waals surface area contributed by atoms with E-state index in [4.69, 9.17) is 4.74 Å². The van der Waals surface area contributed by atoms with Gasteiger partial charge in [0.15, 0.2) is 0 Å². The third-order valence-electron chi connectivity index (χ3n) is 2.85. The highest BCUT2D eigenvalue weighted by molar-refractivity contribution is 9.10. The second-order valence-corrected chi connectivity index (χ2v) is 5.45. The molecule has 114 valence electrons. The summed E-state index contributed by atoms with van der Waals surface area (Å²) in [5.41, 5.74) is 3.94. The van der Waals surface area contributed by atoms with Crippen LogP contribution in [-0.4, -0.2) is 18.7 Å². The van der Waals surface area contributed by atoms with Crippen LogP contribution in [0, 0.1) is 0 Å². The van der Waals surface area contributed by atoms with Crippen molar-refractivity contribution in [3.63, 3.8) is 0 Å². The Labute approximate surface area is 138 Å². The van der Waals surface area contributed by atoms with Gasteiger partial charge in [-0.2, -0.15) is 5.10 Å². The summed E-state index contributed by atoms with van der Waals surface area (Å²) < 4.78 is 6.24. The van der Waals surface area contributed by atoms with E-state index in [2.05, 4.69) is 33.4 Å². The molecule has 22 heavy (non-hydrogen) atoms. The van der Waals surface area contributed by atoms with Crippen LogP contribution >= 0.6 is 15.9 Å². The molecule has 2 aromatic rings. The predicted octanol–water partition coefficient (Wildman–Crippen LogP) is 4.00. The van der Waals surface area contributed by atoms with Crippen molar-refractivity contribution < 1.29 is 9.53 Å². The number of benzene rings is 2. The molecule has 0 spiro atoms. The Balaban J connectivity index is 1.92. The van der Waals surface area contributed by atoms with Crippen molar-refractivity contribution in [2.75, 3.05) is 6.61 Å². The van der Waals surface area contributed by atoms with Crippen LogP contribution in [0.1, 0.15) is 29.3 Å². The number of carbonyl (C=O) groups is 1. The number of carbonyl (C=O) groups excluding carboxylic acids is 1. The maximum Gasteiger partial charge on any atom is 0.272 e. The molecule has 0 unspecified atom stereocenters. The van der Waals surface area contributed by atoms with Crippen LogP contribution in [0.5, 0.6) is 5.75 Å². The van der Waals surface area contributed by atoms with Gasteiger partial charge in [0.25, 0.3) is 5.91 Å². The van der Waals surface area contributed by atoms with E-state index in [1.807, 2.05) is 36.4 Å². The predicted molar refractivity (Wildman–Crippen MR) is 91.4 cm³/mol. The van der Waals surface area contributed by atoms with Crippen LogP contribution in [-0.2, 0) is 0 Å². The normalized spacial score (nSPS) is 10.6. The molecule has 0 bridgehead atoms. The van der Waals surface area contributed by atoms with Gasteiger partial charge in [-0.05, 0) is 64.3 Å². The summed E-state index contributed by atoms with van der Waals surface area (Å²) in [5, 5.41) is 3.96. The lowest BCUT2D eigenvalue weighted by Gasteiger charge is -2.04. The zero-order chi connectivity index (χ0) is 15.8. The molecule has 0 aliphatic rings. The van der Waals surface area contributed by atoms with Gasteiger partial charge in [-0.25, -0.2) is 5.43 Å². The maximum atomic E-state index is 12.0. The molecule has 0 atom stereocenters. The average Bonchev–Trinajstić information content (AvgIpc) is 2.54. The third kappa shape index (κ3) is 4.70. The van der Waals surface area contributed by atoms with Gasteiger partial charge in [0.2, 0.25) is 0 Å². The fraction of sp³-hybridized carbons (Fsp3) is 0.176. The number of nitrogens with zero attached hydrogens (tertiary/aromatic N) is 1. The summed E-state index contributed by atoms with van der Waals surface area (Å²) in [5.74, 6) is 0.572. The second-order valence-electron chi connectivity index (χ2n) is 4.60. The minimum atomic E-state index is -0.258. The first-order chi connectivity index (χ1) is 10.7. The molecule has 0 fully saturated rings. The standard InChI is InChI=1S/C17H17BrN2O2/c1-2-11-22-14-9-7-13(8-10-14)12-19-20-17(21)15-5-3-4-6-16(15)18/h3-10,12H,2,11H2,1H3,(H,20,21). The van der Waals surface area contributed by atoms with Crippen LogP contribution in [0.25, 0.3) is 0 Å². The van der Waals surface area contributed by atoms with Crippen LogP contribution in [0.3, 0.4) is 0 Å². The number of nitrogens with one attached hydrogen (secondary N) is 1. The van der Waals surface area contributed by atoms with E-state index in [-0.39, 0.29) is 5.91 Å². The summed E-state index contributed by atoms with van der Waals surface area (Å²) in [6.45, 7) is 2.77. The maximum absolute atomic E-state index is 12.0. The monoisotopic (exact) mass is 360 g/mol. The number of hydrogen-bond donors (Lipinski definition) is 1. The largest absolute Gasteiger partial charge is 0.494 e. The van der Waals surface area contributed by atoms with E-state index in [1.165, 1.54) is 0 Å². The van der Waals surface area contributed by atoms with E-state index >= 15 is 0 Å². The second kappa shape index (κ2) is 8.34. The molecule has 4 nitrogen and oxygen atoms in total. The van der Waals surface area contributed by atoms with Gasteiger partial charge in [0.1, 0.15) is 5.75 Å². The zero-order valence-electron chi connectivity index (χ0n) is 12.3. The third-order valence-corrected chi connectivity index (χ3v) is 3.54. The molecule has 1 amide bonds. The fourth-order valence-electron chi connectivity index (χ4n) is 1.74. The molecule has 0 aliphatic carbocycles. The molecule has 2 rings (SSSR count). The van der Waals surface area contributed by atoms with E-state index in [9.17, 15) is 4.79 Å². The van der Waals surface area contributed by atoms with Crippen molar-refractivity contribution in [3.8, 4) is 5.75 Å². The lowest BCUT2D eigenvalue weighted by atomic mass is 10.2.